The molecule has 1 aromatic heterocycles. The molecule has 1 saturated carbocycles. The molecule has 24 heavy (non-hydrogen) atoms. The Labute approximate surface area is 140 Å². The predicted octanol–water partition coefficient (Wildman–Crippen LogP) is 2.63. The predicted molar refractivity (Wildman–Crippen MR) is 90.9 cm³/mol. The highest BCUT2D eigenvalue weighted by atomic mass is 16.5. The molecule has 0 spiro atoms. The van der Waals surface area contributed by atoms with Crippen molar-refractivity contribution in [3.8, 4) is 11.5 Å². The number of ether oxygens (including phenoxy) is 2. The van der Waals surface area contributed by atoms with E-state index in [4.69, 9.17) is 9.47 Å². The van der Waals surface area contributed by atoms with E-state index in [0.29, 0.717) is 34.9 Å². The highest BCUT2D eigenvalue weighted by Crippen LogP contribution is 2.29. The minimum Gasteiger partial charge on any atom is -0.497 e. The van der Waals surface area contributed by atoms with Gasteiger partial charge in [-0.1, -0.05) is 0 Å². The van der Waals surface area contributed by atoms with Gasteiger partial charge in [-0.25, -0.2) is 9.97 Å². The number of amides is 1. The lowest BCUT2D eigenvalue weighted by molar-refractivity contribution is 0.102. The number of methoxy groups -OCH3 is 2. The Balaban J connectivity index is 1.80. The Hall–Kier alpha value is -2.83. The Morgan fingerprint density at radius 3 is 2.62 bits per heavy atom. The monoisotopic (exact) mass is 328 g/mol. The van der Waals surface area contributed by atoms with Gasteiger partial charge in [0.25, 0.3) is 5.91 Å². The molecule has 0 unspecified atom stereocenters. The number of carbonyl (C=O) groups excluding carboxylic acids is 1. The molecular weight excluding hydrogens is 308 g/mol. The third-order valence-corrected chi connectivity index (χ3v) is 3.65. The summed E-state index contributed by atoms with van der Waals surface area (Å²) < 4.78 is 10.4. The van der Waals surface area contributed by atoms with Crippen LogP contribution in [0, 0.1) is 6.92 Å². The molecule has 0 bridgehead atoms. The van der Waals surface area contributed by atoms with Crippen molar-refractivity contribution in [3.05, 3.63) is 35.7 Å². The summed E-state index contributed by atoms with van der Waals surface area (Å²) in [4.78, 5) is 21.1. The summed E-state index contributed by atoms with van der Waals surface area (Å²) in [6.07, 6.45) is 2.23. The highest BCUT2D eigenvalue weighted by molar-refractivity contribution is 6.04. The Bertz CT molecular complexity index is 759. The molecule has 0 radical (unpaired) electrons. The maximum atomic E-state index is 12.5. The van der Waals surface area contributed by atoms with Crippen molar-refractivity contribution in [2.75, 3.05) is 24.9 Å². The lowest BCUT2D eigenvalue weighted by Gasteiger charge is -2.12. The highest BCUT2D eigenvalue weighted by Gasteiger charge is 2.23. The van der Waals surface area contributed by atoms with E-state index < -0.39 is 0 Å². The zero-order chi connectivity index (χ0) is 17.1. The molecular formula is C17H20N4O3. The van der Waals surface area contributed by atoms with Crippen LogP contribution in [0.1, 0.15) is 29.0 Å². The Morgan fingerprint density at radius 1 is 1.17 bits per heavy atom. The fraction of sp³-hybridized carbons (Fsp3) is 0.353. The number of anilines is 2. The average Bonchev–Trinajstić information content (AvgIpc) is 3.38. The van der Waals surface area contributed by atoms with Crippen LogP contribution in [0.15, 0.2) is 24.3 Å². The zero-order valence-corrected chi connectivity index (χ0v) is 13.9. The fourth-order valence-corrected chi connectivity index (χ4v) is 2.25. The first-order chi connectivity index (χ1) is 11.6. The number of aromatic nitrogens is 2. The molecule has 7 heteroatoms. The van der Waals surface area contributed by atoms with Crippen molar-refractivity contribution in [2.24, 2.45) is 0 Å². The van der Waals surface area contributed by atoms with Crippen molar-refractivity contribution >= 4 is 17.5 Å². The van der Waals surface area contributed by atoms with Gasteiger partial charge in [-0.15, -0.1) is 0 Å². The van der Waals surface area contributed by atoms with Gasteiger partial charge < -0.3 is 20.1 Å². The topological polar surface area (TPSA) is 85.4 Å². The molecule has 0 atom stereocenters. The van der Waals surface area contributed by atoms with Crippen LogP contribution in [0.2, 0.25) is 0 Å². The van der Waals surface area contributed by atoms with Crippen LogP contribution in [0.25, 0.3) is 0 Å². The number of nitrogens with one attached hydrogen (secondary N) is 2. The molecule has 2 N–H and O–H groups in total. The first-order valence-corrected chi connectivity index (χ1v) is 7.74. The number of aryl methyl sites for hydroxylation is 1. The Morgan fingerprint density at radius 2 is 1.96 bits per heavy atom. The van der Waals surface area contributed by atoms with Crippen LogP contribution >= 0.6 is 0 Å². The maximum absolute atomic E-state index is 12.5. The number of benzene rings is 1. The van der Waals surface area contributed by atoms with Crippen LogP contribution in [0.3, 0.4) is 0 Å². The van der Waals surface area contributed by atoms with E-state index in [2.05, 4.69) is 20.6 Å². The first kappa shape index (κ1) is 16.0. The second-order valence-electron chi connectivity index (χ2n) is 5.66. The summed E-state index contributed by atoms with van der Waals surface area (Å²) in [5.41, 5.74) is 1.60. The lowest BCUT2D eigenvalue weighted by Crippen LogP contribution is -2.17. The molecule has 1 fully saturated rings. The van der Waals surface area contributed by atoms with E-state index in [0.717, 1.165) is 18.5 Å². The van der Waals surface area contributed by atoms with Crippen LogP contribution in [-0.4, -0.2) is 36.1 Å². The van der Waals surface area contributed by atoms with Crippen LogP contribution in [-0.2, 0) is 0 Å². The molecule has 2 aromatic rings. The third kappa shape index (κ3) is 3.73. The van der Waals surface area contributed by atoms with E-state index in [1.165, 1.54) is 7.11 Å². The summed E-state index contributed by atoms with van der Waals surface area (Å²) in [6.45, 7) is 1.84. The zero-order valence-electron chi connectivity index (χ0n) is 13.9. The van der Waals surface area contributed by atoms with Gasteiger partial charge in [-0.3, -0.25) is 4.79 Å². The van der Waals surface area contributed by atoms with Gasteiger partial charge in [0, 0.05) is 17.8 Å². The quantitative estimate of drug-likeness (QED) is 0.848. The SMILES string of the molecule is COc1ccc(NC(=O)c2cc(C)nc(NC3CC3)n2)c(OC)c1. The summed E-state index contributed by atoms with van der Waals surface area (Å²) in [7, 11) is 3.11. The second-order valence-corrected chi connectivity index (χ2v) is 5.66. The molecule has 1 aromatic carbocycles. The van der Waals surface area contributed by atoms with Crippen molar-refractivity contribution in [2.45, 2.75) is 25.8 Å². The second kappa shape index (κ2) is 6.74. The van der Waals surface area contributed by atoms with Crippen molar-refractivity contribution in [1.82, 2.24) is 9.97 Å². The minimum atomic E-state index is -0.317. The number of hydrogen-bond acceptors (Lipinski definition) is 6. The molecule has 1 amide bonds. The molecule has 7 nitrogen and oxygen atoms in total. The van der Waals surface area contributed by atoms with Gasteiger partial charge in [-0.2, -0.15) is 0 Å². The van der Waals surface area contributed by atoms with E-state index in [9.17, 15) is 4.79 Å². The largest absolute Gasteiger partial charge is 0.497 e. The summed E-state index contributed by atoms with van der Waals surface area (Å²) >= 11 is 0. The van der Waals surface area contributed by atoms with E-state index in [1.807, 2.05) is 6.92 Å². The number of rotatable bonds is 6. The van der Waals surface area contributed by atoms with Crippen LogP contribution in [0.4, 0.5) is 11.6 Å². The van der Waals surface area contributed by atoms with E-state index in [-0.39, 0.29) is 5.91 Å². The van der Waals surface area contributed by atoms with Gasteiger partial charge in [0.1, 0.15) is 17.2 Å². The molecule has 0 aliphatic heterocycles. The van der Waals surface area contributed by atoms with Crippen LogP contribution < -0.4 is 20.1 Å². The molecule has 3 rings (SSSR count). The van der Waals surface area contributed by atoms with Crippen LogP contribution in [0.5, 0.6) is 11.5 Å². The molecule has 126 valence electrons. The lowest BCUT2D eigenvalue weighted by atomic mass is 10.2. The first-order valence-electron chi connectivity index (χ1n) is 7.74. The smallest absolute Gasteiger partial charge is 0.274 e. The average molecular weight is 328 g/mol. The van der Waals surface area contributed by atoms with Gasteiger partial charge >= 0.3 is 0 Å². The molecule has 1 aliphatic rings. The number of carbonyl (C=O) groups is 1. The standard InChI is InChI=1S/C17H20N4O3/c1-10-8-14(21-17(18-10)19-11-4-5-11)16(22)20-13-7-6-12(23-2)9-15(13)24-3/h6-9,11H,4-5H2,1-3H3,(H,20,22)(H,18,19,21). The summed E-state index contributed by atoms with van der Waals surface area (Å²) in [5.74, 6) is 1.34. The molecule has 0 saturated heterocycles. The van der Waals surface area contributed by atoms with Gasteiger partial charge in [-0.05, 0) is 38.0 Å². The third-order valence-electron chi connectivity index (χ3n) is 3.65. The number of nitrogens with zero attached hydrogens (tertiary/aromatic N) is 2. The van der Waals surface area contributed by atoms with Crippen molar-refractivity contribution in [3.63, 3.8) is 0 Å². The minimum absolute atomic E-state index is 0.309. The van der Waals surface area contributed by atoms with Gasteiger partial charge in [0.15, 0.2) is 0 Å². The molecule has 1 aliphatic carbocycles. The maximum Gasteiger partial charge on any atom is 0.274 e. The summed E-state index contributed by atoms with van der Waals surface area (Å²) in [6, 6.07) is 7.27. The summed E-state index contributed by atoms with van der Waals surface area (Å²) in [5, 5.41) is 6.02. The van der Waals surface area contributed by atoms with Gasteiger partial charge in [0.2, 0.25) is 5.95 Å². The normalized spacial score (nSPS) is 13.3. The van der Waals surface area contributed by atoms with E-state index >= 15 is 0 Å². The van der Waals surface area contributed by atoms with Gasteiger partial charge in [0.05, 0.1) is 19.9 Å². The van der Waals surface area contributed by atoms with Crippen molar-refractivity contribution < 1.29 is 14.3 Å². The Kier molecular flexibility index (Phi) is 4.50. The van der Waals surface area contributed by atoms with E-state index in [1.54, 1.807) is 31.4 Å². The number of hydrogen-bond donors (Lipinski definition) is 2. The van der Waals surface area contributed by atoms with Crippen molar-refractivity contribution in [1.29, 1.82) is 0 Å². The molecule has 1 heterocycles. The fourth-order valence-electron chi connectivity index (χ4n) is 2.25.